The lowest BCUT2D eigenvalue weighted by atomic mass is 10.3. The van der Waals surface area contributed by atoms with Gasteiger partial charge in [-0.05, 0) is 18.6 Å². The first-order valence-electron chi connectivity index (χ1n) is 6.08. The molecule has 2 aromatic heterocycles. The number of pyridine rings is 1. The molecule has 6 heteroatoms. The molecule has 1 N–H and O–H groups in total. The Morgan fingerprint density at radius 3 is 3.22 bits per heavy atom. The summed E-state index contributed by atoms with van der Waals surface area (Å²) in [4.78, 5) is 4.44. The quantitative estimate of drug-likeness (QED) is 0.873. The molecule has 1 aliphatic heterocycles. The molecular formula is C12H16N4O2. The van der Waals surface area contributed by atoms with E-state index in [1.54, 1.807) is 4.52 Å². The topological polar surface area (TPSA) is 60.7 Å². The smallest absolute Gasteiger partial charge is 0.243 e. The Bertz CT molecular complexity index is 534. The molecule has 1 fully saturated rings. The number of hydrogen-bond donors (Lipinski definition) is 1. The van der Waals surface area contributed by atoms with E-state index in [0.717, 1.165) is 11.2 Å². The van der Waals surface area contributed by atoms with Crippen molar-refractivity contribution >= 4 is 11.6 Å². The van der Waals surface area contributed by atoms with Gasteiger partial charge in [0.2, 0.25) is 5.95 Å². The van der Waals surface area contributed by atoms with Crippen LogP contribution in [0.3, 0.4) is 0 Å². The number of anilines is 1. The highest BCUT2D eigenvalue weighted by atomic mass is 16.6. The third-order valence-corrected chi connectivity index (χ3v) is 2.93. The summed E-state index contributed by atoms with van der Waals surface area (Å²) in [6.07, 6.45) is 1.97. The van der Waals surface area contributed by atoms with Crippen molar-refractivity contribution in [3.63, 3.8) is 0 Å². The molecule has 0 saturated carbocycles. The van der Waals surface area contributed by atoms with Gasteiger partial charge < -0.3 is 14.8 Å². The zero-order chi connectivity index (χ0) is 12.4. The van der Waals surface area contributed by atoms with E-state index in [4.69, 9.17) is 9.47 Å². The first-order chi connectivity index (χ1) is 8.83. The molecule has 0 aromatic carbocycles. The summed E-state index contributed by atoms with van der Waals surface area (Å²) in [6, 6.07) is 3.98. The van der Waals surface area contributed by atoms with Crippen molar-refractivity contribution in [2.24, 2.45) is 0 Å². The minimum atomic E-state index is 0.0754. The maximum absolute atomic E-state index is 5.55. The van der Waals surface area contributed by atoms with Crippen molar-refractivity contribution in [1.29, 1.82) is 0 Å². The number of nitrogens with one attached hydrogen (secondary N) is 1. The highest BCUT2D eigenvalue weighted by Crippen LogP contribution is 2.10. The fraction of sp³-hybridized carbons (Fsp3) is 0.500. The summed E-state index contributed by atoms with van der Waals surface area (Å²) in [7, 11) is 0. The minimum absolute atomic E-state index is 0.0754. The second-order valence-corrected chi connectivity index (χ2v) is 4.34. The third kappa shape index (κ3) is 2.30. The lowest BCUT2D eigenvalue weighted by molar-refractivity contribution is -0.0819. The standard InChI is InChI=1S/C12H16N4O2/c1-9-3-2-4-16-11(9)14-12(15-16)13-7-10-8-17-5-6-18-10/h2-4,10H,5-8H2,1H3,(H,13,15). The molecule has 0 amide bonds. The normalized spacial score (nSPS) is 20.2. The molecule has 1 aliphatic rings. The van der Waals surface area contributed by atoms with Crippen LogP contribution in [-0.2, 0) is 9.47 Å². The third-order valence-electron chi connectivity index (χ3n) is 2.93. The van der Waals surface area contributed by atoms with Gasteiger partial charge in [-0.2, -0.15) is 4.98 Å². The van der Waals surface area contributed by atoms with Gasteiger partial charge in [-0.3, -0.25) is 0 Å². The first-order valence-corrected chi connectivity index (χ1v) is 6.08. The van der Waals surface area contributed by atoms with E-state index in [2.05, 4.69) is 15.4 Å². The van der Waals surface area contributed by atoms with Crippen molar-refractivity contribution in [1.82, 2.24) is 14.6 Å². The van der Waals surface area contributed by atoms with Gasteiger partial charge in [0.25, 0.3) is 0 Å². The van der Waals surface area contributed by atoms with Crippen LogP contribution in [0.15, 0.2) is 18.3 Å². The van der Waals surface area contributed by atoms with Crippen molar-refractivity contribution in [2.75, 3.05) is 31.7 Å². The molecule has 1 atom stereocenters. The summed E-state index contributed by atoms with van der Waals surface area (Å²) in [5.41, 5.74) is 1.98. The summed E-state index contributed by atoms with van der Waals surface area (Å²) in [6.45, 7) is 4.65. The SMILES string of the molecule is Cc1cccn2nc(NCC3COCCO3)nc12. The van der Waals surface area contributed by atoms with Crippen molar-refractivity contribution in [2.45, 2.75) is 13.0 Å². The van der Waals surface area contributed by atoms with Crippen LogP contribution in [0.5, 0.6) is 0 Å². The van der Waals surface area contributed by atoms with Gasteiger partial charge in [0.15, 0.2) is 5.65 Å². The van der Waals surface area contributed by atoms with E-state index in [9.17, 15) is 0 Å². The molecule has 0 radical (unpaired) electrons. The van der Waals surface area contributed by atoms with Gasteiger partial charge in [0.05, 0.1) is 25.9 Å². The number of nitrogens with zero attached hydrogens (tertiary/aromatic N) is 3. The number of aryl methyl sites for hydroxylation is 1. The number of rotatable bonds is 3. The zero-order valence-corrected chi connectivity index (χ0v) is 10.3. The van der Waals surface area contributed by atoms with Gasteiger partial charge in [0, 0.05) is 12.7 Å². The predicted octanol–water partition coefficient (Wildman–Crippen LogP) is 0.865. The van der Waals surface area contributed by atoms with E-state index in [-0.39, 0.29) is 6.10 Å². The van der Waals surface area contributed by atoms with Crippen LogP contribution in [-0.4, -0.2) is 47.1 Å². The second-order valence-electron chi connectivity index (χ2n) is 4.34. The van der Waals surface area contributed by atoms with Crippen molar-refractivity contribution in [3.05, 3.63) is 23.9 Å². The summed E-state index contributed by atoms with van der Waals surface area (Å²) in [5, 5.41) is 7.54. The number of fused-ring (bicyclic) bond motifs is 1. The van der Waals surface area contributed by atoms with E-state index >= 15 is 0 Å². The molecule has 0 spiro atoms. The summed E-state index contributed by atoms with van der Waals surface area (Å²) in [5.74, 6) is 0.624. The van der Waals surface area contributed by atoms with Crippen LogP contribution in [0.2, 0.25) is 0 Å². The number of ether oxygens (including phenoxy) is 2. The minimum Gasteiger partial charge on any atom is -0.376 e. The Morgan fingerprint density at radius 1 is 1.50 bits per heavy atom. The largest absolute Gasteiger partial charge is 0.376 e. The fourth-order valence-corrected chi connectivity index (χ4v) is 1.97. The Kier molecular flexibility index (Phi) is 3.12. The molecular weight excluding hydrogens is 232 g/mol. The van der Waals surface area contributed by atoms with Crippen LogP contribution in [0.1, 0.15) is 5.56 Å². The second kappa shape index (κ2) is 4.91. The Labute approximate surface area is 105 Å². The molecule has 0 aliphatic carbocycles. The molecule has 3 rings (SSSR count). The fourth-order valence-electron chi connectivity index (χ4n) is 1.97. The van der Waals surface area contributed by atoms with E-state index in [1.807, 2.05) is 25.3 Å². The van der Waals surface area contributed by atoms with Crippen LogP contribution in [0.4, 0.5) is 5.95 Å². The van der Waals surface area contributed by atoms with Gasteiger partial charge >= 0.3 is 0 Å². The molecule has 18 heavy (non-hydrogen) atoms. The van der Waals surface area contributed by atoms with Crippen molar-refractivity contribution in [3.8, 4) is 0 Å². The Hall–Kier alpha value is -1.66. The van der Waals surface area contributed by atoms with Crippen LogP contribution in [0, 0.1) is 6.92 Å². The lowest BCUT2D eigenvalue weighted by Crippen LogP contribution is -2.34. The summed E-state index contributed by atoms with van der Waals surface area (Å²) < 4.78 is 12.7. The van der Waals surface area contributed by atoms with Crippen LogP contribution < -0.4 is 5.32 Å². The van der Waals surface area contributed by atoms with Gasteiger partial charge in [-0.25, -0.2) is 4.52 Å². The van der Waals surface area contributed by atoms with Gasteiger partial charge in [-0.15, -0.1) is 5.10 Å². The van der Waals surface area contributed by atoms with Gasteiger partial charge in [0.1, 0.15) is 0 Å². The molecule has 1 saturated heterocycles. The lowest BCUT2D eigenvalue weighted by Gasteiger charge is -2.22. The maximum atomic E-state index is 5.55. The highest BCUT2D eigenvalue weighted by molar-refractivity contribution is 5.49. The molecule has 6 nitrogen and oxygen atoms in total. The molecule has 96 valence electrons. The van der Waals surface area contributed by atoms with Crippen LogP contribution in [0.25, 0.3) is 5.65 Å². The number of aromatic nitrogens is 3. The van der Waals surface area contributed by atoms with E-state index < -0.39 is 0 Å². The monoisotopic (exact) mass is 248 g/mol. The Morgan fingerprint density at radius 2 is 2.44 bits per heavy atom. The number of hydrogen-bond acceptors (Lipinski definition) is 5. The molecule has 1 unspecified atom stereocenters. The predicted molar refractivity (Wildman–Crippen MR) is 66.8 cm³/mol. The van der Waals surface area contributed by atoms with Gasteiger partial charge in [-0.1, -0.05) is 6.07 Å². The summed E-state index contributed by atoms with van der Waals surface area (Å²) >= 11 is 0. The average molecular weight is 248 g/mol. The van der Waals surface area contributed by atoms with E-state index in [1.165, 1.54) is 0 Å². The maximum Gasteiger partial charge on any atom is 0.243 e. The molecule has 0 bridgehead atoms. The Balaban J connectivity index is 1.69. The first kappa shape index (κ1) is 11.4. The van der Waals surface area contributed by atoms with E-state index in [0.29, 0.717) is 32.3 Å². The van der Waals surface area contributed by atoms with Crippen molar-refractivity contribution < 1.29 is 9.47 Å². The highest BCUT2D eigenvalue weighted by Gasteiger charge is 2.15. The van der Waals surface area contributed by atoms with Crippen LogP contribution >= 0.6 is 0 Å². The average Bonchev–Trinajstić information content (AvgIpc) is 2.82. The molecule has 2 aromatic rings. The molecule has 3 heterocycles. The zero-order valence-electron chi connectivity index (χ0n) is 10.3.